The molecule has 1 saturated carbocycles. The highest BCUT2D eigenvalue weighted by Crippen LogP contribution is 2.39. The summed E-state index contributed by atoms with van der Waals surface area (Å²) in [5, 5.41) is 41.3. The Morgan fingerprint density at radius 2 is 1.85 bits per heavy atom. The van der Waals surface area contributed by atoms with E-state index in [1.807, 2.05) is 6.92 Å². The Labute approximate surface area is 76.0 Å². The molecule has 2 rings (SSSR count). The topological polar surface area (TPSA) is 93.0 Å². The first-order chi connectivity index (χ1) is 5.97. The Bertz CT molecular complexity index is 224. The van der Waals surface area contributed by atoms with Crippen LogP contribution in [0.2, 0.25) is 0 Å². The van der Waals surface area contributed by atoms with Crippen LogP contribution in [0, 0.1) is 0 Å². The highest BCUT2D eigenvalue weighted by molar-refractivity contribution is 5.17. The van der Waals surface area contributed by atoms with Crippen LogP contribution in [0.15, 0.2) is 0 Å². The first kappa shape index (κ1) is 9.36. The molecule has 5 heteroatoms. The van der Waals surface area contributed by atoms with Gasteiger partial charge in [0.15, 0.2) is 0 Å². The van der Waals surface area contributed by atoms with Crippen LogP contribution in [0.1, 0.15) is 13.3 Å². The zero-order valence-electron chi connectivity index (χ0n) is 7.38. The van der Waals surface area contributed by atoms with Crippen molar-refractivity contribution in [2.45, 2.75) is 49.3 Å². The maximum absolute atomic E-state index is 9.98. The third-order valence-electron chi connectivity index (χ3n) is 3.16. The number of hydrogen-bond acceptors (Lipinski definition) is 5. The molecule has 0 aromatic rings. The van der Waals surface area contributed by atoms with Gasteiger partial charge in [-0.2, -0.15) is 0 Å². The van der Waals surface area contributed by atoms with Crippen molar-refractivity contribution >= 4 is 0 Å². The lowest BCUT2D eigenvalue weighted by Crippen LogP contribution is -2.48. The third-order valence-corrected chi connectivity index (χ3v) is 3.16. The fourth-order valence-electron chi connectivity index (χ4n) is 2.51. The van der Waals surface area contributed by atoms with E-state index in [1.54, 1.807) is 0 Å². The van der Waals surface area contributed by atoms with Gasteiger partial charge < -0.3 is 25.7 Å². The molecule has 13 heavy (non-hydrogen) atoms. The van der Waals surface area contributed by atoms with Crippen LogP contribution in [0.4, 0.5) is 0 Å². The van der Waals surface area contributed by atoms with Gasteiger partial charge in [-0.1, -0.05) is 0 Å². The lowest BCUT2D eigenvalue weighted by atomic mass is 9.94. The number of aliphatic hydroxyl groups is 4. The zero-order valence-corrected chi connectivity index (χ0v) is 7.38. The number of aliphatic hydroxyl groups excluding tert-OH is 3. The monoisotopic (exact) mass is 189 g/mol. The van der Waals surface area contributed by atoms with Crippen molar-refractivity contribution in [3.63, 3.8) is 0 Å². The summed E-state index contributed by atoms with van der Waals surface area (Å²) in [7, 11) is 0. The fraction of sp³-hybridized carbons (Fsp3) is 1.00. The second-order valence-corrected chi connectivity index (χ2v) is 4.17. The van der Waals surface area contributed by atoms with Crippen LogP contribution >= 0.6 is 0 Å². The predicted molar refractivity (Wildman–Crippen MR) is 44.0 cm³/mol. The molecule has 1 heterocycles. The molecule has 76 valence electrons. The lowest BCUT2D eigenvalue weighted by molar-refractivity contribution is -0.0900. The van der Waals surface area contributed by atoms with Crippen molar-refractivity contribution in [1.29, 1.82) is 0 Å². The largest absolute Gasteiger partial charge is 0.389 e. The number of fused-ring (bicyclic) bond motifs is 1. The minimum Gasteiger partial charge on any atom is -0.389 e. The zero-order chi connectivity index (χ0) is 9.80. The summed E-state index contributed by atoms with van der Waals surface area (Å²) < 4.78 is 0. The van der Waals surface area contributed by atoms with E-state index >= 15 is 0 Å². The number of hydrogen-bond donors (Lipinski definition) is 5. The van der Waals surface area contributed by atoms with Crippen molar-refractivity contribution in [3.05, 3.63) is 0 Å². The summed E-state index contributed by atoms with van der Waals surface area (Å²) in [6, 6.07) is -0.570. The minimum absolute atomic E-state index is 0.0480. The summed E-state index contributed by atoms with van der Waals surface area (Å²) >= 11 is 0. The van der Waals surface area contributed by atoms with Gasteiger partial charge in [0.2, 0.25) is 0 Å². The van der Waals surface area contributed by atoms with Crippen LogP contribution in [0.5, 0.6) is 0 Å². The van der Waals surface area contributed by atoms with Crippen LogP contribution in [0.3, 0.4) is 0 Å². The summed E-state index contributed by atoms with van der Waals surface area (Å²) in [5.41, 5.74) is -1.38. The molecule has 5 N–H and O–H groups in total. The third kappa shape index (κ3) is 1.05. The van der Waals surface area contributed by atoms with Gasteiger partial charge in [-0.15, -0.1) is 0 Å². The van der Waals surface area contributed by atoms with Gasteiger partial charge in [0.25, 0.3) is 0 Å². The Hall–Kier alpha value is -0.200. The predicted octanol–water partition coefficient (Wildman–Crippen LogP) is -2.44. The average Bonchev–Trinajstić information content (AvgIpc) is 2.44. The van der Waals surface area contributed by atoms with E-state index in [0.717, 1.165) is 0 Å². The van der Waals surface area contributed by atoms with Crippen LogP contribution in [-0.4, -0.2) is 56.4 Å². The summed E-state index contributed by atoms with van der Waals surface area (Å²) in [5.74, 6) is 0. The molecular formula is C8H15NO4. The SMILES string of the molecule is C[C@H]1C[C@@]2(O)[C@H](O)[C@@H](O)[C@@H](O)[C@@H]2N1. The number of rotatable bonds is 0. The van der Waals surface area contributed by atoms with Gasteiger partial charge in [-0.3, -0.25) is 0 Å². The van der Waals surface area contributed by atoms with E-state index < -0.39 is 30.0 Å². The smallest absolute Gasteiger partial charge is 0.113 e. The van der Waals surface area contributed by atoms with E-state index in [2.05, 4.69) is 5.32 Å². The Kier molecular flexibility index (Phi) is 1.91. The molecule has 5 nitrogen and oxygen atoms in total. The average molecular weight is 189 g/mol. The lowest BCUT2D eigenvalue weighted by Gasteiger charge is -2.25. The molecule has 0 radical (unpaired) electrons. The molecule has 2 fully saturated rings. The van der Waals surface area contributed by atoms with Crippen LogP contribution in [-0.2, 0) is 0 Å². The first-order valence-corrected chi connectivity index (χ1v) is 4.49. The second kappa shape index (κ2) is 2.65. The maximum Gasteiger partial charge on any atom is 0.113 e. The molecule has 1 aliphatic carbocycles. The maximum atomic E-state index is 9.98. The fourth-order valence-corrected chi connectivity index (χ4v) is 2.51. The summed E-state index contributed by atoms with van der Waals surface area (Å²) in [4.78, 5) is 0. The Morgan fingerprint density at radius 1 is 1.23 bits per heavy atom. The van der Waals surface area contributed by atoms with Gasteiger partial charge in [-0.05, 0) is 13.3 Å². The molecule has 0 aromatic heterocycles. The van der Waals surface area contributed by atoms with Crippen molar-refractivity contribution in [3.8, 4) is 0 Å². The molecule has 2 aliphatic rings. The normalized spacial score (nSPS) is 61.2. The molecule has 0 amide bonds. The van der Waals surface area contributed by atoms with Gasteiger partial charge in [0, 0.05) is 6.04 Å². The standard InChI is InChI=1S/C8H15NO4/c1-3-2-8(13)6(9-3)4(10)5(11)7(8)12/h3-7,9-13H,2H2,1H3/t3-,4+,5-,6-,7+,8-/m0/s1. The van der Waals surface area contributed by atoms with E-state index in [-0.39, 0.29) is 6.04 Å². The molecule has 0 aromatic carbocycles. The van der Waals surface area contributed by atoms with Crippen LogP contribution < -0.4 is 5.32 Å². The Balaban J connectivity index is 2.29. The quantitative estimate of drug-likeness (QED) is 0.292. The molecule has 6 atom stereocenters. The van der Waals surface area contributed by atoms with Crippen molar-refractivity contribution < 1.29 is 20.4 Å². The molecule has 1 aliphatic heterocycles. The van der Waals surface area contributed by atoms with E-state index in [0.29, 0.717) is 6.42 Å². The van der Waals surface area contributed by atoms with Crippen molar-refractivity contribution in [2.75, 3.05) is 0 Å². The van der Waals surface area contributed by atoms with E-state index in [1.165, 1.54) is 0 Å². The molecule has 0 unspecified atom stereocenters. The Morgan fingerprint density at radius 3 is 2.38 bits per heavy atom. The molecule has 0 bridgehead atoms. The number of nitrogens with one attached hydrogen (secondary N) is 1. The summed E-state index contributed by atoms with van der Waals surface area (Å²) in [6.07, 6.45) is -3.25. The van der Waals surface area contributed by atoms with Gasteiger partial charge in [0.05, 0.1) is 6.04 Å². The summed E-state index contributed by atoms with van der Waals surface area (Å²) in [6.45, 7) is 1.86. The van der Waals surface area contributed by atoms with Gasteiger partial charge in [-0.25, -0.2) is 0 Å². The van der Waals surface area contributed by atoms with Crippen molar-refractivity contribution in [2.24, 2.45) is 0 Å². The van der Waals surface area contributed by atoms with Crippen molar-refractivity contribution in [1.82, 2.24) is 5.32 Å². The highest BCUT2D eigenvalue weighted by atomic mass is 16.4. The van der Waals surface area contributed by atoms with Crippen LogP contribution in [0.25, 0.3) is 0 Å². The highest BCUT2D eigenvalue weighted by Gasteiger charge is 2.62. The molecule has 0 spiro atoms. The first-order valence-electron chi connectivity index (χ1n) is 4.49. The minimum atomic E-state index is -1.38. The second-order valence-electron chi connectivity index (χ2n) is 4.17. The molecular weight excluding hydrogens is 174 g/mol. The van der Waals surface area contributed by atoms with E-state index in [9.17, 15) is 20.4 Å². The van der Waals surface area contributed by atoms with E-state index in [4.69, 9.17) is 0 Å². The molecule has 1 saturated heterocycles. The van der Waals surface area contributed by atoms with Gasteiger partial charge >= 0.3 is 0 Å². The van der Waals surface area contributed by atoms with Gasteiger partial charge in [0.1, 0.15) is 23.9 Å².